The van der Waals surface area contributed by atoms with Crippen LogP contribution in [0.25, 0.3) is 0 Å². The van der Waals surface area contributed by atoms with Gasteiger partial charge in [0.2, 0.25) is 8.32 Å². The predicted octanol–water partition coefficient (Wildman–Crippen LogP) is 4.86. The van der Waals surface area contributed by atoms with E-state index in [1.807, 2.05) is 31.2 Å². The highest BCUT2D eigenvalue weighted by atomic mass is 28.4. The molecule has 27 heavy (non-hydrogen) atoms. The van der Waals surface area contributed by atoms with Gasteiger partial charge in [-0.05, 0) is 56.1 Å². The Kier molecular flexibility index (Phi) is 6.86. The summed E-state index contributed by atoms with van der Waals surface area (Å²) < 4.78 is 11.6. The van der Waals surface area contributed by atoms with Gasteiger partial charge >= 0.3 is 5.97 Å². The largest absolute Gasteiger partial charge is 0.543 e. The molecule has 0 N–H and O–H groups in total. The van der Waals surface area contributed by atoms with Crippen LogP contribution >= 0.6 is 0 Å². The van der Waals surface area contributed by atoms with Gasteiger partial charge in [0.25, 0.3) is 0 Å². The number of benzene rings is 1. The van der Waals surface area contributed by atoms with Gasteiger partial charge < -0.3 is 9.16 Å². The number of esters is 1. The van der Waals surface area contributed by atoms with Gasteiger partial charge in [-0.3, -0.25) is 4.79 Å². The molecule has 1 rings (SSSR count). The molecule has 146 valence electrons. The highest BCUT2D eigenvalue weighted by Gasteiger charge is 2.46. The van der Waals surface area contributed by atoms with E-state index in [2.05, 4.69) is 33.9 Å². The quantitative estimate of drug-likeness (QED) is 0.515. The predicted molar refractivity (Wildman–Crippen MR) is 108 cm³/mol. The van der Waals surface area contributed by atoms with Crippen molar-refractivity contribution in [1.29, 1.82) is 10.5 Å². The minimum absolute atomic E-state index is 0.0598. The van der Waals surface area contributed by atoms with E-state index >= 15 is 0 Å². The third-order valence-corrected chi connectivity index (χ3v) is 9.82. The van der Waals surface area contributed by atoms with Crippen molar-refractivity contribution in [2.24, 2.45) is 5.92 Å². The molecule has 0 heterocycles. The molecule has 5 nitrogen and oxygen atoms in total. The molecule has 0 aliphatic heterocycles. The van der Waals surface area contributed by atoms with Gasteiger partial charge in [0.05, 0.1) is 18.7 Å². The molecular formula is C21H30N2O3Si. The Morgan fingerprint density at radius 1 is 1.19 bits per heavy atom. The molecule has 1 unspecified atom stereocenters. The zero-order valence-electron chi connectivity index (χ0n) is 17.6. The summed E-state index contributed by atoms with van der Waals surface area (Å²) in [4.78, 5) is 12.6. The topological polar surface area (TPSA) is 83.1 Å². The number of rotatable bonds is 6. The summed E-state index contributed by atoms with van der Waals surface area (Å²) in [5.74, 6) is -0.958. The molecule has 6 heteroatoms. The summed E-state index contributed by atoms with van der Waals surface area (Å²) in [7, 11) is -2.01. The van der Waals surface area contributed by atoms with E-state index in [0.717, 1.165) is 11.3 Å². The number of hydrogen-bond acceptors (Lipinski definition) is 5. The molecule has 0 aliphatic carbocycles. The van der Waals surface area contributed by atoms with Gasteiger partial charge in [-0.2, -0.15) is 10.5 Å². The SMILES string of the molecule is CCOC(=O)C(C)(c1ccc(O[Si](C)(C)C(C)(C)C)c(C)c1)C(C#N)C#N. The molecule has 0 saturated carbocycles. The maximum Gasteiger partial charge on any atom is 0.318 e. The molecular weight excluding hydrogens is 356 g/mol. The average Bonchev–Trinajstić information content (AvgIpc) is 2.56. The van der Waals surface area contributed by atoms with E-state index < -0.39 is 25.6 Å². The lowest BCUT2D eigenvalue weighted by atomic mass is 9.72. The van der Waals surface area contributed by atoms with Crippen LogP contribution in [0.2, 0.25) is 18.1 Å². The van der Waals surface area contributed by atoms with Gasteiger partial charge in [0.15, 0.2) is 5.92 Å². The van der Waals surface area contributed by atoms with E-state index in [1.165, 1.54) is 0 Å². The van der Waals surface area contributed by atoms with Crippen molar-refractivity contribution in [1.82, 2.24) is 0 Å². The van der Waals surface area contributed by atoms with Crippen molar-refractivity contribution >= 4 is 14.3 Å². The minimum atomic E-state index is -2.01. The van der Waals surface area contributed by atoms with Crippen LogP contribution in [-0.2, 0) is 14.9 Å². The van der Waals surface area contributed by atoms with E-state index in [4.69, 9.17) is 9.16 Å². The Labute approximate surface area is 164 Å². The van der Waals surface area contributed by atoms with Crippen LogP contribution < -0.4 is 4.43 Å². The number of nitriles is 2. The lowest BCUT2D eigenvalue weighted by molar-refractivity contribution is -0.150. The lowest BCUT2D eigenvalue weighted by Crippen LogP contribution is -2.44. The minimum Gasteiger partial charge on any atom is -0.543 e. The second-order valence-electron chi connectivity index (χ2n) is 8.46. The van der Waals surface area contributed by atoms with Crippen LogP contribution in [0.15, 0.2) is 18.2 Å². The molecule has 0 radical (unpaired) electrons. The molecule has 0 aliphatic rings. The van der Waals surface area contributed by atoms with Gasteiger partial charge in [0, 0.05) is 0 Å². The van der Waals surface area contributed by atoms with Crippen LogP contribution in [0, 0.1) is 35.5 Å². The summed E-state index contributed by atoms with van der Waals surface area (Å²) >= 11 is 0. The highest BCUT2D eigenvalue weighted by Crippen LogP contribution is 2.40. The van der Waals surface area contributed by atoms with Gasteiger partial charge in [-0.25, -0.2) is 0 Å². The maximum absolute atomic E-state index is 12.6. The molecule has 1 aromatic carbocycles. The number of carbonyl (C=O) groups is 1. The lowest BCUT2D eigenvalue weighted by Gasteiger charge is -2.37. The second kappa shape index (κ2) is 8.15. The van der Waals surface area contributed by atoms with Crippen LogP contribution in [0.4, 0.5) is 0 Å². The Morgan fingerprint density at radius 2 is 1.74 bits per heavy atom. The summed E-state index contributed by atoms with van der Waals surface area (Å²) in [5.41, 5.74) is 0.0800. The van der Waals surface area contributed by atoms with Crippen molar-refractivity contribution in [3.8, 4) is 17.9 Å². The number of carbonyl (C=O) groups excluding carboxylic acids is 1. The first-order chi connectivity index (χ1) is 12.3. The number of aryl methyl sites for hydroxylation is 1. The zero-order valence-corrected chi connectivity index (χ0v) is 18.6. The molecule has 0 bridgehead atoms. The summed E-state index contributed by atoms with van der Waals surface area (Å²) in [6, 6.07) is 9.28. The highest BCUT2D eigenvalue weighted by molar-refractivity contribution is 6.74. The normalized spacial score (nSPS) is 14.0. The van der Waals surface area contributed by atoms with Crippen molar-refractivity contribution < 1.29 is 14.0 Å². The standard InChI is InChI=1S/C21H30N2O3Si/c1-9-25-19(24)21(6,17(13-22)14-23)16-10-11-18(15(2)12-16)26-27(7,8)20(3,4)5/h10-12,17H,9H2,1-8H3. The van der Waals surface area contributed by atoms with Crippen molar-refractivity contribution in [3.05, 3.63) is 29.3 Å². The number of hydrogen-bond donors (Lipinski definition) is 0. The van der Waals surface area contributed by atoms with Gasteiger partial charge in [0.1, 0.15) is 11.2 Å². The second-order valence-corrected chi connectivity index (χ2v) is 13.2. The number of nitrogens with zero attached hydrogens (tertiary/aromatic N) is 2. The van der Waals surface area contributed by atoms with E-state index in [-0.39, 0.29) is 11.6 Å². The first kappa shape index (κ1) is 22.7. The Hall–Kier alpha value is -2.31. The van der Waals surface area contributed by atoms with Gasteiger partial charge in [-0.15, -0.1) is 0 Å². The van der Waals surface area contributed by atoms with Crippen LogP contribution in [-0.4, -0.2) is 20.9 Å². The van der Waals surface area contributed by atoms with E-state index in [9.17, 15) is 15.3 Å². The number of ether oxygens (including phenoxy) is 1. The molecule has 1 atom stereocenters. The molecule has 0 spiro atoms. The van der Waals surface area contributed by atoms with Crippen LogP contribution in [0.3, 0.4) is 0 Å². The van der Waals surface area contributed by atoms with E-state index in [1.54, 1.807) is 19.9 Å². The molecule has 0 aromatic heterocycles. The fourth-order valence-corrected chi connectivity index (χ4v) is 3.57. The molecule has 0 fully saturated rings. The van der Waals surface area contributed by atoms with Crippen LogP contribution in [0.5, 0.6) is 5.75 Å². The third kappa shape index (κ3) is 4.51. The van der Waals surface area contributed by atoms with Crippen molar-refractivity contribution in [2.45, 2.75) is 65.1 Å². The fraction of sp³-hybridized carbons (Fsp3) is 0.571. The third-order valence-electron chi connectivity index (χ3n) is 5.48. The molecule has 0 amide bonds. The van der Waals surface area contributed by atoms with Crippen LogP contribution in [0.1, 0.15) is 45.7 Å². The molecule has 0 saturated heterocycles. The fourth-order valence-electron chi connectivity index (χ4n) is 2.49. The Balaban J connectivity index is 3.41. The molecule has 1 aromatic rings. The first-order valence-electron chi connectivity index (χ1n) is 9.11. The van der Waals surface area contributed by atoms with E-state index in [0.29, 0.717) is 5.56 Å². The maximum atomic E-state index is 12.6. The smallest absolute Gasteiger partial charge is 0.318 e. The summed E-state index contributed by atoms with van der Waals surface area (Å²) in [6.07, 6.45) is 0. The monoisotopic (exact) mass is 386 g/mol. The van der Waals surface area contributed by atoms with Gasteiger partial charge in [-0.1, -0.05) is 32.9 Å². The summed E-state index contributed by atoms with van der Waals surface area (Å²) in [6.45, 7) is 16.2. The average molecular weight is 387 g/mol. The van der Waals surface area contributed by atoms with Crippen molar-refractivity contribution in [2.75, 3.05) is 6.61 Å². The zero-order chi connectivity index (χ0) is 21.0. The first-order valence-corrected chi connectivity index (χ1v) is 12.0. The Morgan fingerprint density at radius 3 is 2.15 bits per heavy atom. The van der Waals surface area contributed by atoms with Crippen molar-refractivity contribution in [3.63, 3.8) is 0 Å². The summed E-state index contributed by atoms with van der Waals surface area (Å²) in [5, 5.41) is 18.9. The Bertz CT molecular complexity index is 770.